The number of halogens is 1. The molecule has 0 radical (unpaired) electrons. The number of rotatable bonds is 3. The summed E-state index contributed by atoms with van der Waals surface area (Å²) >= 11 is 3.18. The topological polar surface area (TPSA) is 49.8 Å². The Hall–Kier alpha value is -2.09. The summed E-state index contributed by atoms with van der Waals surface area (Å²) in [6, 6.07) is 7.43. The number of nitrogens with zero attached hydrogens (tertiary/aromatic N) is 2. The van der Waals surface area contributed by atoms with Crippen LogP contribution in [0.1, 0.15) is 31.1 Å². The molecule has 0 spiro atoms. The maximum atomic E-state index is 14.5. The molecule has 5 rings (SSSR count). The Morgan fingerprint density at radius 2 is 2.11 bits per heavy atom. The Kier molecular flexibility index (Phi) is 3.93. The molecule has 4 aromatic rings. The van der Waals surface area contributed by atoms with E-state index in [2.05, 4.69) is 40.5 Å². The quantitative estimate of drug-likeness (QED) is 0.469. The van der Waals surface area contributed by atoms with Crippen LogP contribution in [0.25, 0.3) is 20.4 Å². The summed E-state index contributed by atoms with van der Waals surface area (Å²) in [6.07, 6.45) is 2.90. The molecular formula is C20H19FN4S2. The molecule has 0 aliphatic carbocycles. The van der Waals surface area contributed by atoms with Crippen molar-refractivity contribution in [2.45, 2.75) is 31.7 Å². The van der Waals surface area contributed by atoms with Crippen LogP contribution in [0, 0.1) is 5.82 Å². The normalized spacial score (nSPS) is 19.1. The first-order valence-electron chi connectivity index (χ1n) is 8.94. The van der Waals surface area contributed by atoms with E-state index in [1.807, 2.05) is 6.07 Å². The molecule has 4 heterocycles. The van der Waals surface area contributed by atoms with Crippen molar-refractivity contribution in [1.29, 1.82) is 0 Å². The molecule has 1 atom stereocenters. The summed E-state index contributed by atoms with van der Waals surface area (Å²) in [7, 11) is 0. The minimum absolute atomic E-state index is 0.0796. The number of aromatic nitrogens is 2. The van der Waals surface area contributed by atoms with Crippen LogP contribution >= 0.6 is 22.7 Å². The average molecular weight is 399 g/mol. The van der Waals surface area contributed by atoms with Crippen molar-refractivity contribution in [2.24, 2.45) is 0 Å². The maximum Gasteiger partial charge on any atom is 0.148 e. The van der Waals surface area contributed by atoms with Crippen LogP contribution in [0.3, 0.4) is 0 Å². The Morgan fingerprint density at radius 1 is 1.22 bits per heavy atom. The highest BCUT2D eigenvalue weighted by atomic mass is 32.1. The van der Waals surface area contributed by atoms with Gasteiger partial charge in [0.2, 0.25) is 0 Å². The molecule has 27 heavy (non-hydrogen) atoms. The summed E-state index contributed by atoms with van der Waals surface area (Å²) in [6.45, 7) is 5.53. The summed E-state index contributed by atoms with van der Waals surface area (Å²) in [5.41, 5.74) is 3.94. The summed E-state index contributed by atoms with van der Waals surface area (Å²) in [5, 5.41) is 7.88. The van der Waals surface area contributed by atoms with Crippen LogP contribution < -0.4 is 10.6 Å². The summed E-state index contributed by atoms with van der Waals surface area (Å²) in [4.78, 5) is 11.1. The zero-order valence-electron chi connectivity index (χ0n) is 15.0. The van der Waals surface area contributed by atoms with Gasteiger partial charge < -0.3 is 10.6 Å². The minimum Gasteiger partial charge on any atom is -0.352 e. The highest BCUT2D eigenvalue weighted by molar-refractivity contribution is 7.18. The SMILES string of the molecule is CC1(C)NCC[C@@H]1c1cc2c(Nc3cc4ncsc4cc3F)ccnc2s1. The number of hydrogen-bond donors (Lipinski definition) is 2. The third-order valence-electron chi connectivity index (χ3n) is 5.37. The fourth-order valence-electron chi connectivity index (χ4n) is 3.88. The van der Waals surface area contributed by atoms with Gasteiger partial charge in [0.05, 0.1) is 27.1 Å². The Labute approximate surface area is 164 Å². The number of nitrogens with one attached hydrogen (secondary N) is 2. The largest absolute Gasteiger partial charge is 0.352 e. The smallest absolute Gasteiger partial charge is 0.148 e. The second kappa shape index (κ2) is 6.22. The predicted octanol–water partition coefficient (Wildman–Crippen LogP) is 5.64. The Balaban J connectivity index is 1.56. The van der Waals surface area contributed by atoms with E-state index in [0.717, 1.165) is 39.1 Å². The predicted molar refractivity (Wildman–Crippen MR) is 112 cm³/mol. The van der Waals surface area contributed by atoms with Crippen molar-refractivity contribution in [3.8, 4) is 0 Å². The Bertz CT molecular complexity index is 1150. The number of benzene rings is 1. The number of anilines is 2. The van der Waals surface area contributed by atoms with Crippen LogP contribution in [0.4, 0.5) is 15.8 Å². The van der Waals surface area contributed by atoms with Crippen molar-refractivity contribution in [1.82, 2.24) is 15.3 Å². The van der Waals surface area contributed by atoms with Crippen molar-refractivity contribution < 1.29 is 4.39 Å². The third-order valence-corrected chi connectivity index (χ3v) is 7.32. The molecule has 0 bridgehead atoms. The maximum absolute atomic E-state index is 14.5. The minimum atomic E-state index is -0.270. The molecule has 1 aliphatic rings. The molecular weight excluding hydrogens is 379 g/mol. The van der Waals surface area contributed by atoms with Crippen molar-refractivity contribution in [2.75, 3.05) is 11.9 Å². The van der Waals surface area contributed by atoms with E-state index < -0.39 is 0 Å². The molecule has 7 heteroatoms. The van der Waals surface area contributed by atoms with Gasteiger partial charge in [-0.25, -0.2) is 14.4 Å². The van der Waals surface area contributed by atoms with E-state index in [0.29, 0.717) is 11.6 Å². The molecule has 138 valence electrons. The first kappa shape index (κ1) is 17.0. The molecule has 1 aromatic carbocycles. The van der Waals surface area contributed by atoms with E-state index in [1.54, 1.807) is 35.2 Å². The van der Waals surface area contributed by atoms with E-state index >= 15 is 0 Å². The molecule has 1 aliphatic heterocycles. The van der Waals surface area contributed by atoms with E-state index in [4.69, 9.17) is 0 Å². The first-order chi connectivity index (χ1) is 13.0. The third kappa shape index (κ3) is 2.90. The fraction of sp³-hybridized carbons (Fsp3) is 0.300. The molecule has 2 N–H and O–H groups in total. The lowest BCUT2D eigenvalue weighted by Crippen LogP contribution is -2.36. The van der Waals surface area contributed by atoms with Crippen LogP contribution in [-0.2, 0) is 0 Å². The molecule has 1 fully saturated rings. The number of hydrogen-bond acceptors (Lipinski definition) is 6. The van der Waals surface area contributed by atoms with E-state index in [-0.39, 0.29) is 11.4 Å². The van der Waals surface area contributed by atoms with Gasteiger partial charge in [-0.1, -0.05) is 0 Å². The Morgan fingerprint density at radius 3 is 2.93 bits per heavy atom. The lowest BCUT2D eigenvalue weighted by atomic mass is 9.88. The number of thiazole rings is 1. The second-order valence-electron chi connectivity index (χ2n) is 7.49. The molecule has 1 saturated heterocycles. The van der Waals surface area contributed by atoms with Gasteiger partial charge in [0.25, 0.3) is 0 Å². The van der Waals surface area contributed by atoms with Gasteiger partial charge in [0.1, 0.15) is 10.6 Å². The number of fused-ring (bicyclic) bond motifs is 2. The molecule has 0 amide bonds. The van der Waals surface area contributed by atoms with Gasteiger partial charge in [-0.2, -0.15) is 0 Å². The summed E-state index contributed by atoms with van der Waals surface area (Å²) in [5.74, 6) is 0.195. The second-order valence-corrected chi connectivity index (χ2v) is 9.44. The summed E-state index contributed by atoms with van der Waals surface area (Å²) < 4.78 is 15.4. The zero-order valence-corrected chi connectivity index (χ0v) is 16.7. The van der Waals surface area contributed by atoms with Gasteiger partial charge in [-0.05, 0) is 51.1 Å². The van der Waals surface area contributed by atoms with Crippen molar-refractivity contribution in [3.05, 3.63) is 46.7 Å². The van der Waals surface area contributed by atoms with Gasteiger partial charge in [0, 0.05) is 27.9 Å². The molecule has 3 aromatic heterocycles. The monoisotopic (exact) mass is 398 g/mol. The van der Waals surface area contributed by atoms with Gasteiger partial charge >= 0.3 is 0 Å². The van der Waals surface area contributed by atoms with Gasteiger partial charge in [-0.3, -0.25) is 0 Å². The molecule has 4 nitrogen and oxygen atoms in total. The lowest BCUT2D eigenvalue weighted by molar-refractivity contribution is 0.415. The van der Waals surface area contributed by atoms with Crippen LogP contribution in [0.15, 0.2) is 36.0 Å². The lowest BCUT2D eigenvalue weighted by Gasteiger charge is -2.26. The molecule has 0 saturated carbocycles. The van der Waals surface area contributed by atoms with Crippen LogP contribution in [-0.4, -0.2) is 22.1 Å². The van der Waals surface area contributed by atoms with E-state index in [1.165, 1.54) is 16.2 Å². The number of pyridine rings is 1. The fourth-order valence-corrected chi connectivity index (χ4v) is 5.91. The molecule has 0 unspecified atom stereocenters. The highest BCUT2D eigenvalue weighted by Crippen LogP contribution is 2.42. The standard InChI is InChI=1S/C20H19FN4S2/c1-20(2)12(3-6-24-20)17-7-11-14(4-5-22-19(11)27-17)25-15-9-16-18(8-13(15)21)26-10-23-16/h4-5,7-10,12,24H,3,6H2,1-2H3,(H,22,25)/t12-/m1/s1. The van der Waals surface area contributed by atoms with Crippen LogP contribution in [0.2, 0.25) is 0 Å². The van der Waals surface area contributed by atoms with Crippen LogP contribution in [0.5, 0.6) is 0 Å². The first-order valence-corrected chi connectivity index (χ1v) is 10.6. The average Bonchev–Trinajstić information content (AvgIpc) is 3.32. The van der Waals surface area contributed by atoms with Gasteiger partial charge in [-0.15, -0.1) is 22.7 Å². The number of thiophene rings is 1. The van der Waals surface area contributed by atoms with Crippen molar-refractivity contribution >= 4 is 54.5 Å². The van der Waals surface area contributed by atoms with E-state index in [9.17, 15) is 4.39 Å². The zero-order chi connectivity index (χ0) is 18.6. The van der Waals surface area contributed by atoms with Gasteiger partial charge in [0.15, 0.2) is 0 Å². The van der Waals surface area contributed by atoms with Crippen molar-refractivity contribution in [3.63, 3.8) is 0 Å². The highest BCUT2D eigenvalue weighted by Gasteiger charge is 2.36.